The van der Waals surface area contributed by atoms with Gasteiger partial charge in [-0.05, 0) is 109 Å². The van der Waals surface area contributed by atoms with Gasteiger partial charge in [0.2, 0.25) is 0 Å². The molecule has 1 saturated heterocycles. The molecule has 0 saturated carbocycles. The van der Waals surface area contributed by atoms with Crippen molar-refractivity contribution >= 4 is 38.6 Å². The van der Waals surface area contributed by atoms with Gasteiger partial charge in [0.05, 0.1) is 22.4 Å². The monoisotopic (exact) mass is 687 g/mol. The van der Waals surface area contributed by atoms with E-state index in [-0.39, 0.29) is 17.9 Å². The van der Waals surface area contributed by atoms with Crippen LogP contribution in [0.1, 0.15) is 54.9 Å². The SMILES string of the molecule is C1=CCCC(c2nc3c(n2-c2ccc(C4=CC=CC5OC6=C(n7c8ccccc8c8ccc(-c9ccccc9)cc87)C=CCC6C45)cc2)CCCC3)=C1. The van der Waals surface area contributed by atoms with E-state index in [4.69, 9.17) is 9.72 Å². The molecule has 0 radical (unpaired) electrons. The van der Waals surface area contributed by atoms with E-state index in [1.54, 1.807) is 0 Å². The Hall–Kier alpha value is -5.87. The Morgan fingerprint density at radius 2 is 1.51 bits per heavy atom. The van der Waals surface area contributed by atoms with Crippen molar-refractivity contribution in [1.82, 2.24) is 14.1 Å². The fraction of sp³-hybridized carbons (Fsp3) is 0.204. The number of nitrogens with zero attached hydrogens (tertiary/aromatic N) is 3. The summed E-state index contributed by atoms with van der Waals surface area (Å²) in [5.41, 5.74) is 13.9. The smallest absolute Gasteiger partial charge is 0.140 e. The highest BCUT2D eigenvalue weighted by molar-refractivity contribution is 6.11. The summed E-state index contributed by atoms with van der Waals surface area (Å²) < 4.78 is 12.0. The van der Waals surface area contributed by atoms with E-state index in [0.29, 0.717) is 0 Å². The third kappa shape index (κ3) is 4.92. The normalized spacial score (nSPS) is 21.7. The van der Waals surface area contributed by atoms with Gasteiger partial charge in [-0.3, -0.25) is 4.57 Å². The Morgan fingerprint density at radius 3 is 2.40 bits per heavy atom. The maximum Gasteiger partial charge on any atom is 0.140 e. The molecule has 1 aliphatic heterocycles. The highest BCUT2D eigenvalue weighted by Gasteiger charge is 2.45. The molecule has 258 valence electrons. The predicted molar refractivity (Wildman–Crippen MR) is 217 cm³/mol. The van der Waals surface area contributed by atoms with Crippen LogP contribution < -0.4 is 0 Å². The van der Waals surface area contributed by atoms with E-state index < -0.39 is 0 Å². The van der Waals surface area contributed by atoms with Crippen molar-refractivity contribution in [2.24, 2.45) is 11.8 Å². The Kier molecular flexibility index (Phi) is 7.18. The second-order valence-corrected chi connectivity index (χ2v) is 15.1. The van der Waals surface area contributed by atoms with Crippen molar-refractivity contribution in [3.8, 4) is 16.8 Å². The molecule has 53 heavy (non-hydrogen) atoms. The molecular formula is C49H41N3O. The van der Waals surface area contributed by atoms with Gasteiger partial charge in [0.1, 0.15) is 17.7 Å². The Balaban J connectivity index is 0.986. The van der Waals surface area contributed by atoms with Crippen LogP contribution in [0.15, 0.2) is 151 Å². The topological polar surface area (TPSA) is 32.0 Å². The molecule has 4 nitrogen and oxygen atoms in total. The second-order valence-electron chi connectivity index (χ2n) is 15.1. The summed E-state index contributed by atoms with van der Waals surface area (Å²) >= 11 is 0. The molecule has 0 amide bonds. The number of aryl methyl sites for hydroxylation is 1. The highest BCUT2D eigenvalue weighted by Crippen LogP contribution is 2.51. The number of benzene rings is 4. The summed E-state index contributed by atoms with van der Waals surface area (Å²) in [7, 11) is 0. The third-order valence-corrected chi connectivity index (χ3v) is 12.2. The molecule has 0 bridgehead atoms. The summed E-state index contributed by atoms with van der Waals surface area (Å²) in [4.78, 5) is 5.25. The van der Waals surface area contributed by atoms with Crippen LogP contribution in [-0.4, -0.2) is 20.2 Å². The Labute approximate surface area is 310 Å². The minimum absolute atomic E-state index is 0.00360. The maximum absolute atomic E-state index is 7.05. The molecule has 2 aromatic heterocycles. The average Bonchev–Trinajstić information content (AvgIpc) is 3.91. The molecule has 5 aliphatic rings. The van der Waals surface area contributed by atoms with Gasteiger partial charge < -0.3 is 9.30 Å². The number of hydrogen-bond donors (Lipinski definition) is 0. The molecular weight excluding hydrogens is 647 g/mol. The van der Waals surface area contributed by atoms with Crippen molar-refractivity contribution < 1.29 is 4.74 Å². The molecule has 3 atom stereocenters. The summed E-state index contributed by atoms with van der Waals surface area (Å²) in [6.07, 6.45) is 25.9. The minimum Gasteiger partial charge on any atom is -0.488 e. The lowest BCUT2D eigenvalue weighted by Crippen LogP contribution is -2.22. The second kappa shape index (κ2) is 12.4. The average molecular weight is 688 g/mol. The lowest BCUT2D eigenvalue weighted by Gasteiger charge is -2.27. The van der Waals surface area contributed by atoms with E-state index in [1.807, 2.05) is 0 Å². The zero-order valence-electron chi connectivity index (χ0n) is 29.8. The summed E-state index contributed by atoms with van der Waals surface area (Å²) in [6.45, 7) is 0. The predicted octanol–water partition coefficient (Wildman–Crippen LogP) is 11.7. The standard InChI is InChI=1S/C49H41N3O/c1-3-13-32(14-4-1)35-27-30-39-38-17-7-9-21-42(38)52(45(39)31-35)44-23-11-19-40-47-37(18-12-24-46(47)53-48(40)44)33-25-28-36(29-26-33)51-43-22-10-8-20-41(43)50-49(51)34-15-5-2-6-16-34/h1-5,7,9,11-15,17-18,21,23-31,40,46-47H,6,8,10,16,19-20,22H2. The number of fused-ring (bicyclic) bond motifs is 7. The molecule has 0 N–H and O–H groups in total. The first kappa shape index (κ1) is 30.7. The van der Waals surface area contributed by atoms with Crippen LogP contribution in [0.3, 0.4) is 0 Å². The number of ether oxygens (including phenoxy) is 1. The van der Waals surface area contributed by atoms with E-state index in [9.17, 15) is 0 Å². The molecule has 4 heteroatoms. The van der Waals surface area contributed by atoms with Gasteiger partial charge >= 0.3 is 0 Å². The first-order valence-corrected chi connectivity index (χ1v) is 19.4. The summed E-state index contributed by atoms with van der Waals surface area (Å²) in [6, 6.07) is 35.7. The summed E-state index contributed by atoms with van der Waals surface area (Å²) in [5.74, 6) is 2.73. The van der Waals surface area contributed by atoms with Crippen molar-refractivity contribution in [2.75, 3.05) is 0 Å². The molecule has 0 spiro atoms. The van der Waals surface area contributed by atoms with E-state index >= 15 is 0 Å². The van der Waals surface area contributed by atoms with Gasteiger partial charge in [-0.15, -0.1) is 0 Å². The van der Waals surface area contributed by atoms with Crippen molar-refractivity contribution in [3.05, 3.63) is 174 Å². The van der Waals surface area contributed by atoms with E-state index in [2.05, 4.69) is 155 Å². The number of allylic oxidation sites excluding steroid dienone is 10. The number of para-hydroxylation sites is 1. The van der Waals surface area contributed by atoms with E-state index in [0.717, 1.165) is 49.4 Å². The third-order valence-electron chi connectivity index (χ3n) is 12.2. The first-order chi connectivity index (χ1) is 26.3. The fourth-order valence-corrected chi connectivity index (χ4v) is 9.68. The maximum atomic E-state index is 7.05. The van der Waals surface area contributed by atoms with Crippen molar-refractivity contribution in [3.63, 3.8) is 0 Å². The molecule has 3 unspecified atom stereocenters. The molecule has 3 heterocycles. The molecule has 4 aromatic carbocycles. The Bertz CT molecular complexity index is 2620. The zero-order chi connectivity index (χ0) is 34.9. The lowest BCUT2D eigenvalue weighted by atomic mass is 9.75. The van der Waals surface area contributed by atoms with Gasteiger partial charge in [-0.25, -0.2) is 4.98 Å². The minimum atomic E-state index is -0.00360. The van der Waals surface area contributed by atoms with Crippen LogP contribution in [0.25, 0.3) is 55.5 Å². The van der Waals surface area contributed by atoms with Crippen molar-refractivity contribution in [2.45, 2.75) is 51.0 Å². The highest BCUT2D eigenvalue weighted by atomic mass is 16.5. The van der Waals surface area contributed by atoms with Gasteiger partial charge in [0, 0.05) is 34.0 Å². The van der Waals surface area contributed by atoms with Crippen LogP contribution in [0, 0.1) is 11.8 Å². The van der Waals surface area contributed by atoms with Crippen LogP contribution in [-0.2, 0) is 17.6 Å². The van der Waals surface area contributed by atoms with Crippen molar-refractivity contribution in [1.29, 1.82) is 0 Å². The number of aromatic nitrogens is 3. The summed E-state index contributed by atoms with van der Waals surface area (Å²) in [5, 5.41) is 2.53. The number of hydrogen-bond acceptors (Lipinski definition) is 2. The molecule has 4 aliphatic carbocycles. The quantitative estimate of drug-likeness (QED) is 0.181. The van der Waals surface area contributed by atoms with E-state index in [1.165, 1.54) is 79.6 Å². The number of imidazole rings is 1. The Morgan fingerprint density at radius 1 is 0.679 bits per heavy atom. The molecule has 11 rings (SSSR count). The van der Waals surface area contributed by atoms with Crippen LogP contribution in [0.2, 0.25) is 0 Å². The molecule has 6 aromatic rings. The zero-order valence-corrected chi connectivity index (χ0v) is 29.8. The van der Waals surface area contributed by atoms with Gasteiger partial charge in [0.15, 0.2) is 0 Å². The van der Waals surface area contributed by atoms with Crippen LogP contribution in [0.5, 0.6) is 0 Å². The van der Waals surface area contributed by atoms with Crippen LogP contribution in [0.4, 0.5) is 0 Å². The first-order valence-electron chi connectivity index (χ1n) is 19.4. The van der Waals surface area contributed by atoms with Gasteiger partial charge in [0.25, 0.3) is 0 Å². The van der Waals surface area contributed by atoms with Crippen LogP contribution >= 0.6 is 0 Å². The number of rotatable bonds is 5. The largest absolute Gasteiger partial charge is 0.488 e. The molecule has 1 fully saturated rings. The lowest BCUT2D eigenvalue weighted by molar-refractivity contribution is 0.187. The fourth-order valence-electron chi connectivity index (χ4n) is 9.68. The van der Waals surface area contributed by atoms with Gasteiger partial charge in [-0.2, -0.15) is 0 Å². The van der Waals surface area contributed by atoms with Gasteiger partial charge in [-0.1, -0.05) is 109 Å².